The van der Waals surface area contributed by atoms with E-state index in [-0.39, 0.29) is 5.82 Å². The molecule has 4 nitrogen and oxygen atoms in total. The molecule has 21 heavy (non-hydrogen) atoms. The molecule has 0 saturated heterocycles. The smallest absolute Gasteiger partial charge is 0.143 e. The Labute approximate surface area is 122 Å². The Hall–Kier alpha value is -2.40. The Balaban J connectivity index is 2.20. The van der Waals surface area contributed by atoms with Crippen LogP contribution in [0.15, 0.2) is 42.5 Å². The molecule has 0 saturated carbocycles. The first-order chi connectivity index (χ1) is 10.2. The molecule has 0 bridgehead atoms. The summed E-state index contributed by atoms with van der Waals surface area (Å²) >= 11 is 0. The number of ether oxygens (including phenoxy) is 1. The second-order valence-corrected chi connectivity index (χ2v) is 4.80. The molecule has 0 aliphatic carbocycles. The van der Waals surface area contributed by atoms with Gasteiger partial charge in [0.25, 0.3) is 0 Å². The number of anilines is 1. The molecule has 0 amide bonds. The maximum atomic E-state index is 13.2. The number of para-hydroxylation sites is 2. The quantitative estimate of drug-likeness (QED) is 0.749. The first-order valence-electron chi connectivity index (χ1n) is 6.70. The van der Waals surface area contributed by atoms with Crippen molar-refractivity contribution in [1.29, 1.82) is 0 Å². The highest BCUT2D eigenvalue weighted by Gasteiger charge is 2.14. The number of nitrogens with zero attached hydrogens (tertiary/aromatic N) is 2. The zero-order valence-electron chi connectivity index (χ0n) is 11.7. The third-order valence-corrected chi connectivity index (χ3v) is 3.43. The second kappa shape index (κ2) is 5.54. The van der Waals surface area contributed by atoms with Crippen LogP contribution < -0.4 is 5.73 Å². The maximum Gasteiger partial charge on any atom is 0.143 e. The molecular weight excluding hydrogens is 269 g/mol. The number of methoxy groups -OCH3 is 1. The molecule has 0 radical (unpaired) electrons. The third kappa shape index (κ3) is 2.48. The summed E-state index contributed by atoms with van der Waals surface area (Å²) in [7, 11) is 1.66. The largest absolute Gasteiger partial charge is 0.398 e. The normalized spacial score (nSPS) is 11.1. The lowest BCUT2D eigenvalue weighted by molar-refractivity contribution is 0.188. The molecule has 108 valence electrons. The minimum Gasteiger partial charge on any atom is -0.398 e. The van der Waals surface area contributed by atoms with Gasteiger partial charge in [0.1, 0.15) is 11.6 Å². The minimum absolute atomic E-state index is 0.351. The standard InChI is InChI=1S/C16H16FN3O/c1-21-9-8-20-15-5-3-2-4-14(15)19-16(20)12-7-6-11(17)10-13(12)18/h2-7,10H,8-9,18H2,1H3. The highest BCUT2D eigenvalue weighted by Crippen LogP contribution is 2.29. The number of aromatic nitrogens is 2. The monoisotopic (exact) mass is 285 g/mol. The van der Waals surface area contributed by atoms with Crippen molar-refractivity contribution in [3.8, 4) is 11.4 Å². The molecule has 1 heterocycles. The van der Waals surface area contributed by atoms with Crippen LogP contribution in [0.1, 0.15) is 0 Å². The second-order valence-electron chi connectivity index (χ2n) is 4.80. The van der Waals surface area contributed by atoms with Gasteiger partial charge >= 0.3 is 0 Å². The molecule has 2 aromatic carbocycles. The Kier molecular flexibility index (Phi) is 3.58. The number of rotatable bonds is 4. The lowest BCUT2D eigenvalue weighted by Crippen LogP contribution is -2.07. The Morgan fingerprint density at radius 3 is 2.81 bits per heavy atom. The van der Waals surface area contributed by atoms with E-state index in [1.807, 2.05) is 28.8 Å². The van der Waals surface area contributed by atoms with Gasteiger partial charge in [-0.05, 0) is 30.3 Å². The average molecular weight is 285 g/mol. The molecular formula is C16H16FN3O. The van der Waals surface area contributed by atoms with Crippen LogP contribution in [0, 0.1) is 5.82 Å². The first kappa shape index (κ1) is 13.6. The highest BCUT2D eigenvalue weighted by molar-refractivity contribution is 5.83. The fourth-order valence-electron chi connectivity index (χ4n) is 2.43. The van der Waals surface area contributed by atoms with Crippen molar-refractivity contribution in [3.63, 3.8) is 0 Å². The Morgan fingerprint density at radius 1 is 1.24 bits per heavy atom. The molecule has 0 fully saturated rings. The van der Waals surface area contributed by atoms with Crippen molar-refractivity contribution in [3.05, 3.63) is 48.3 Å². The average Bonchev–Trinajstić information content (AvgIpc) is 2.83. The number of halogens is 1. The van der Waals surface area contributed by atoms with Crippen LogP contribution in [0.2, 0.25) is 0 Å². The summed E-state index contributed by atoms with van der Waals surface area (Å²) in [6.45, 7) is 1.22. The summed E-state index contributed by atoms with van der Waals surface area (Å²) in [5.41, 5.74) is 8.94. The molecule has 0 spiro atoms. The van der Waals surface area contributed by atoms with Gasteiger partial charge in [-0.1, -0.05) is 12.1 Å². The zero-order valence-corrected chi connectivity index (χ0v) is 11.7. The van der Waals surface area contributed by atoms with Crippen LogP contribution in [0.5, 0.6) is 0 Å². The number of hydrogen-bond acceptors (Lipinski definition) is 3. The number of imidazole rings is 1. The van der Waals surface area contributed by atoms with Crippen LogP contribution in [-0.4, -0.2) is 23.3 Å². The van der Waals surface area contributed by atoms with Gasteiger partial charge in [-0.3, -0.25) is 0 Å². The van der Waals surface area contributed by atoms with Gasteiger partial charge in [-0.15, -0.1) is 0 Å². The van der Waals surface area contributed by atoms with Gasteiger partial charge < -0.3 is 15.0 Å². The predicted octanol–water partition coefficient (Wildman–Crippen LogP) is 3.07. The summed E-state index contributed by atoms with van der Waals surface area (Å²) < 4.78 is 20.5. The minimum atomic E-state index is -0.351. The number of nitrogen functional groups attached to an aromatic ring is 1. The van der Waals surface area contributed by atoms with E-state index < -0.39 is 0 Å². The van der Waals surface area contributed by atoms with E-state index in [2.05, 4.69) is 4.98 Å². The van der Waals surface area contributed by atoms with Gasteiger partial charge in [0.15, 0.2) is 0 Å². The first-order valence-corrected chi connectivity index (χ1v) is 6.70. The molecule has 0 atom stereocenters. The molecule has 1 aromatic heterocycles. The topological polar surface area (TPSA) is 53.1 Å². The van der Waals surface area contributed by atoms with E-state index in [0.29, 0.717) is 18.8 Å². The SMILES string of the molecule is COCCn1c(-c2ccc(F)cc2N)nc2ccccc21. The number of hydrogen-bond donors (Lipinski definition) is 1. The van der Waals surface area contributed by atoms with Gasteiger partial charge in [0.05, 0.1) is 17.6 Å². The van der Waals surface area contributed by atoms with E-state index in [0.717, 1.165) is 22.4 Å². The number of fused-ring (bicyclic) bond motifs is 1. The van der Waals surface area contributed by atoms with Crippen molar-refractivity contribution in [1.82, 2.24) is 9.55 Å². The molecule has 3 rings (SSSR count). The van der Waals surface area contributed by atoms with Crippen molar-refractivity contribution < 1.29 is 9.13 Å². The molecule has 5 heteroatoms. The third-order valence-electron chi connectivity index (χ3n) is 3.43. The summed E-state index contributed by atoms with van der Waals surface area (Å²) in [5, 5.41) is 0. The number of nitrogens with two attached hydrogens (primary N) is 1. The van der Waals surface area contributed by atoms with Crippen LogP contribution in [0.25, 0.3) is 22.4 Å². The molecule has 0 aliphatic heterocycles. The zero-order chi connectivity index (χ0) is 14.8. The van der Waals surface area contributed by atoms with E-state index >= 15 is 0 Å². The fraction of sp³-hybridized carbons (Fsp3) is 0.188. The van der Waals surface area contributed by atoms with Gasteiger partial charge in [0, 0.05) is 24.9 Å². The van der Waals surface area contributed by atoms with Crippen molar-refractivity contribution in [2.24, 2.45) is 0 Å². The molecule has 2 N–H and O–H groups in total. The van der Waals surface area contributed by atoms with Crippen molar-refractivity contribution in [2.45, 2.75) is 6.54 Å². The molecule has 3 aromatic rings. The van der Waals surface area contributed by atoms with Crippen molar-refractivity contribution >= 4 is 16.7 Å². The highest BCUT2D eigenvalue weighted by atomic mass is 19.1. The predicted molar refractivity (Wildman–Crippen MR) is 81.4 cm³/mol. The Bertz CT molecular complexity index is 782. The van der Waals surface area contributed by atoms with Crippen LogP contribution in [-0.2, 0) is 11.3 Å². The summed E-state index contributed by atoms with van der Waals surface area (Å²) in [5.74, 6) is 0.376. The number of benzene rings is 2. The van der Waals surface area contributed by atoms with Gasteiger partial charge in [-0.2, -0.15) is 0 Å². The summed E-state index contributed by atoms with van der Waals surface area (Å²) in [6.07, 6.45) is 0. The van der Waals surface area contributed by atoms with Crippen LogP contribution in [0.4, 0.5) is 10.1 Å². The van der Waals surface area contributed by atoms with E-state index in [1.165, 1.54) is 12.1 Å². The van der Waals surface area contributed by atoms with E-state index in [1.54, 1.807) is 13.2 Å². The van der Waals surface area contributed by atoms with Gasteiger partial charge in [-0.25, -0.2) is 9.37 Å². The fourth-order valence-corrected chi connectivity index (χ4v) is 2.43. The van der Waals surface area contributed by atoms with Gasteiger partial charge in [0.2, 0.25) is 0 Å². The van der Waals surface area contributed by atoms with Crippen molar-refractivity contribution in [2.75, 3.05) is 19.5 Å². The maximum absolute atomic E-state index is 13.2. The molecule has 0 unspecified atom stereocenters. The summed E-state index contributed by atoms with van der Waals surface area (Å²) in [4.78, 5) is 4.63. The van der Waals surface area contributed by atoms with Crippen LogP contribution in [0.3, 0.4) is 0 Å². The molecule has 0 aliphatic rings. The van der Waals surface area contributed by atoms with E-state index in [9.17, 15) is 4.39 Å². The van der Waals surface area contributed by atoms with E-state index in [4.69, 9.17) is 10.5 Å². The van der Waals surface area contributed by atoms with Crippen LogP contribution >= 0.6 is 0 Å². The Morgan fingerprint density at radius 2 is 2.05 bits per heavy atom. The summed E-state index contributed by atoms with van der Waals surface area (Å²) in [6, 6.07) is 12.2. The lowest BCUT2D eigenvalue weighted by Gasteiger charge is -2.10. The lowest BCUT2D eigenvalue weighted by atomic mass is 10.1.